The van der Waals surface area contributed by atoms with Crippen LogP contribution in [0.2, 0.25) is 0 Å². The molecule has 0 radical (unpaired) electrons. The fourth-order valence-corrected chi connectivity index (χ4v) is 3.19. The Morgan fingerprint density at radius 3 is 2.92 bits per heavy atom. The zero-order valence-corrected chi connectivity index (χ0v) is 14.2. The molecule has 3 heterocycles. The Morgan fingerprint density at radius 2 is 2.25 bits per heavy atom. The highest BCUT2D eigenvalue weighted by molar-refractivity contribution is 5.77. The van der Waals surface area contributed by atoms with E-state index in [0.29, 0.717) is 5.92 Å². The number of methoxy groups -OCH3 is 1. The van der Waals surface area contributed by atoms with E-state index in [4.69, 9.17) is 4.74 Å². The molecular weight excluding hydrogens is 306 g/mol. The van der Waals surface area contributed by atoms with E-state index >= 15 is 0 Å². The molecule has 2 aromatic heterocycles. The van der Waals surface area contributed by atoms with Crippen LogP contribution >= 0.6 is 0 Å². The maximum Gasteiger partial charge on any atom is 0.248 e. The number of hydrogen-bond acceptors (Lipinski definition) is 5. The molecule has 0 N–H and O–H groups in total. The zero-order valence-electron chi connectivity index (χ0n) is 14.2. The molecule has 7 heteroatoms. The van der Waals surface area contributed by atoms with E-state index in [-0.39, 0.29) is 12.5 Å². The van der Waals surface area contributed by atoms with Crippen LogP contribution in [0, 0.1) is 5.92 Å². The van der Waals surface area contributed by atoms with Crippen LogP contribution in [0.3, 0.4) is 0 Å². The van der Waals surface area contributed by atoms with E-state index in [1.807, 2.05) is 24.2 Å². The Hall–Kier alpha value is -2.28. The number of nitrogens with zero attached hydrogens (tertiary/aromatic N) is 5. The molecule has 1 saturated heterocycles. The highest BCUT2D eigenvalue weighted by Crippen LogP contribution is 2.21. The Balaban J connectivity index is 1.61. The molecular formula is C17H23N5O2. The SMILES string of the molecule is COCC(=O)N1CCC[C@H](Cc2cnc(-c3ccnn3C)cn2)C1. The molecule has 0 aromatic carbocycles. The van der Waals surface area contributed by atoms with E-state index < -0.39 is 0 Å². The first-order chi connectivity index (χ1) is 11.7. The highest BCUT2D eigenvalue weighted by Gasteiger charge is 2.24. The van der Waals surface area contributed by atoms with Crippen LogP contribution < -0.4 is 0 Å². The number of hydrogen-bond donors (Lipinski definition) is 0. The van der Waals surface area contributed by atoms with Gasteiger partial charge in [0.25, 0.3) is 0 Å². The second kappa shape index (κ2) is 7.53. The minimum absolute atomic E-state index is 0.0693. The standard InChI is InChI=1S/C17H23N5O2/c1-21-16(5-6-20-21)15-10-18-14(9-19-15)8-13-4-3-7-22(11-13)17(23)12-24-2/h5-6,9-10,13H,3-4,7-8,11-12H2,1-2H3/t13-/m1/s1. The summed E-state index contributed by atoms with van der Waals surface area (Å²) >= 11 is 0. The Labute approximate surface area is 141 Å². The molecule has 1 atom stereocenters. The molecule has 1 aliphatic heterocycles. The van der Waals surface area contributed by atoms with Crippen molar-refractivity contribution in [1.82, 2.24) is 24.6 Å². The predicted molar refractivity (Wildman–Crippen MR) is 89.1 cm³/mol. The summed E-state index contributed by atoms with van der Waals surface area (Å²) in [5.41, 5.74) is 2.73. The van der Waals surface area contributed by atoms with E-state index in [2.05, 4.69) is 15.1 Å². The van der Waals surface area contributed by atoms with Gasteiger partial charge in [-0.05, 0) is 31.2 Å². The van der Waals surface area contributed by atoms with Crippen molar-refractivity contribution in [2.45, 2.75) is 19.3 Å². The van der Waals surface area contributed by atoms with Crippen LogP contribution in [0.25, 0.3) is 11.4 Å². The van der Waals surface area contributed by atoms with Crippen molar-refractivity contribution in [3.8, 4) is 11.4 Å². The fourth-order valence-electron chi connectivity index (χ4n) is 3.19. The number of carbonyl (C=O) groups excluding carboxylic acids is 1. The normalized spacial score (nSPS) is 17.9. The number of carbonyl (C=O) groups is 1. The average Bonchev–Trinajstić information content (AvgIpc) is 3.02. The van der Waals surface area contributed by atoms with Crippen LogP contribution in [0.15, 0.2) is 24.7 Å². The van der Waals surface area contributed by atoms with Crippen molar-refractivity contribution in [2.24, 2.45) is 13.0 Å². The van der Waals surface area contributed by atoms with Gasteiger partial charge in [0.2, 0.25) is 5.91 Å². The lowest BCUT2D eigenvalue weighted by molar-refractivity contribution is -0.136. The first-order valence-electron chi connectivity index (χ1n) is 8.23. The molecule has 7 nitrogen and oxygen atoms in total. The third kappa shape index (κ3) is 3.79. The molecule has 0 spiro atoms. The van der Waals surface area contributed by atoms with Gasteiger partial charge in [-0.2, -0.15) is 5.10 Å². The van der Waals surface area contributed by atoms with Crippen molar-refractivity contribution in [2.75, 3.05) is 26.8 Å². The number of rotatable bonds is 5. The van der Waals surface area contributed by atoms with Gasteiger partial charge < -0.3 is 9.64 Å². The fraction of sp³-hybridized carbons (Fsp3) is 0.529. The van der Waals surface area contributed by atoms with Crippen molar-refractivity contribution in [1.29, 1.82) is 0 Å². The summed E-state index contributed by atoms with van der Waals surface area (Å²) in [6, 6.07) is 1.92. The van der Waals surface area contributed by atoms with Crippen molar-refractivity contribution in [3.05, 3.63) is 30.4 Å². The summed E-state index contributed by atoms with van der Waals surface area (Å²) in [7, 11) is 3.44. The van der Waals surface area contributed by atoms with Crippen LogP contribution in [0.1, 0.15) is 18.5 Å². The third-order valence-electron chi connectivity index (χ3n) is 4.43. The minimum atomic E-state index is 0.0693. The summed E-state index contributed by atoms with van der Waals surface area (Å²) in [6.45, 7) is 1.75. The van der Waals surface area contributed by atoms with Gasteiger partial charge in [0.15, 0.2) is 0 Å². The first kappa shape index (κ1) is 16.6. The van der Waals surface area contributed by atoms with Gasteiger partial charge in [0.05, 0.1) is 17.6 Å². The van der Waals surface area contributed by atoms with Crippen LogP contribution in [0.5, 0.6) is 0 Å². The zero-order chi connectivity index (χ0) is 16.9. The van der Waals surface area contributed by atoms with Crippen LogP contribution in [-0.2, 0) is 23.0 Å². The van der Waals surface area contributed by atoms with Crippen molar-refractivity contribution < 1.29 is 9.53 Å². The van der Waals surface area contributed by atoms with Crippen molar-refractivity contribution in [3.63, 3.8) is 0 Å². The highest BCUT2D eigenvalue weighted by atomic mass is 16.5. The Kier molecular flexibility index (Phi) is 5.20. The molecule has 0 saturated carbocycles. The van der Waals surface area contributed by atoms with E-state index in [9.17, 15) is 4.79 Å². The molecule has 0 aliphatic carbocycles. The summed E-state index contributed by atoms with van der Waals surface area (Å²) in [5.74, 6) is 0.497. The molecule has 0 unspecified atom stereocenters. The molecule has 1 aliphatic rings. The third-order valence-corrected chi connectivity index (χ3v) is 4.43. The smallest absolute Gasteiger partial charge is 0.248 e. The quantitative estimate of drug-likeness (QED) is 0.827. The lowest BCUT2D eigenvalue weighted by atomic mass is 9.93. The van der Waals surface area contributed by atoms with Gasteiger partial charge in [0, 0.05) is 39.6 Å². The topological polar surface area (TPSA) is 73.1 Å². The van der Waals surface area contributed by atoms with Gasteiger partial charge in [-0.25, -0.2) is 0 Å². The van der Waals surface area contributed by atoms with Gasteiger partial charge in [0.1, 0.15) is 12.3 Å². The second-order valence-corrected chi connectivity index (χ2v) is 6.22. The van der Waals surface area contributed by atoms with Crippen LogP contribution in [0.4, 0.5) is 0 Å². The maximum absolute atomic E-state index is 12.0. The first-order valence-corrected chi connectivity index (χ1v) is 8.23. The Morgan fingerprint density at radius 1 is 1.38 bits per heavy atom. The average molecular weight is 329 g/mol. The number of aromatic nitrogens is 4. The van der Waals surface area contributed by atoms with E-state index in [0.717, 1.165) is 49.4 Å². The summed E-state index contributed by atoms with van der Waals surface area (Å²) in [6.07, 6.45) is 8.36. The van der Waals surface area contributed by atoms with Gasteiger partial charge in [-0.1, -0.05) is 0 Å². The molecule has 2 aromatic rings. The summed E-state index contributed by atoms with van der Waals surface area (Å²) in [5, 5.41) is 4.15. The molecule has 128 valence electrons. The summed E-state index contributed by atoms with van der Waals surface area (Å²) in [4.78, 5) is 22.9. The molecule has 1 amide bonds. The number of piperidine rings is 1. The van der Waals surface area contributed by atoms with Gasteiger partial charge in [-0.3, -0.25) is 19.4 Å². The molecule has 1 fully saturated rings. The predicted octanol–water partition coefficient (Wildman–Crippen LogP) is 1.30. The number of ether oxygens (including phenoxy) is 1. The van der Waals surface area contributed by atoms with Gasteiger partial charge in [-0.15, -0.1) is 0 Å². The van der Waals surface area contributed by atoms with E-state index in [1.54, 1.807) is 24.2 Å². The van der Waals surface area contributed by atoms with Gasteiger partial charge >= 0.3 is 0 Å². The maximum atomic E-state index is 12.0. The second-order valence-electron chi connectivity index (χ2n) is 6.22. The minimum Gasteiger partial charge on any atom is -0.375 e. The van der Waals surface area contributed by atoms with Crippen molar-refractivity contribution >= 4 is 5.91 Å². The lowest BCUT2D eigenvalue weighted by Gasteiger charge is -2.32. The number of likely N-dealkylation sites (tertiary alicyclic amines) is 1. The largest absolute Gasteiger partial charge is 0.375 e. The molecule has 24 heavy (non-hydrogen) atoms. The number of aryl methyl sites for hydroxylation is 1. The molecule has 3 rings (SSSR count). The monoisotopic (exact) mass is 329 g/mol. The molecule has 0 bridgehead atoms. The number of amides is 1. The lowest BCUT2D eigenvalue weighted by Crippen LogP contribution is -2.42. The summed E-state index contributed by atoms with van der Waals surface area (Å²) < 4.78 is 6.73. The van der Waals surface area contributed by atoms with Crippen LogP contribution in [-0.4, -0.2) is 57.4 Å². The van der Waals surface area contributed by atoms with E-state index in [1.165, 1.54) is 0 Å². The Bertz CT molecular complexity index is 683.